The molecule has 1 N–H and O–H groups in total. The second kappa shape index (κ2) is 8.86. The molecule has 0 aliphatic carbocycles. The van der Waals surface area contributed by atoms with E-state index in [1.807, 2.05) is 6.92 Å². The summed E-state index contributed by atoms with van der Waals surface area (Å²) in [6, 6.07) is 12.5. The van der Waals surface area contributed by atoms with Gasteiger partial charge in [0.1, 0.15) is 18.0 Å². The van der Waals surface area contributed by atoms with Crippen LogP contribution in [0.4, 0.5) is 10.2 Å². The average Bonchev–Trinajstić information content (AvgIpc) is 3.47. The summed E-state index contributed by atoms with van der Waals surface area (Å²) in [7, 11) is 3.03. The van der Waals surface area contributed by atoms with E-state index >= 15 is 0 Å². The Morgan fingerprint density at radius 2 is 1.74 bits per heavy atom. The quantitative estimate of drug-likeness (QED) is 0.400. The van der Waals surface area contributed by atoms with Crippen molar-refractivity contribution in [3.63, 3.8) is 0 Å². The number of aromatic nitrogens is 6. The Hall–Kier alpha value is -4.80. The minimum atomic E-state index is -0.362. The predicted octanol–water partition coefficient (Wildman–Crippen LogP) is 3.72. The molecular formula is C24H20FN7O3. The summed E-state index contributed by atoms with van der Waals surface area (Å²) < 4.78 is 27.0. The minimum absolute atomic E-state index is 0.345. The Kier molecular flexibility index (Phi) is 5.57. The molecule has 11 heteroatoms. The van der Waals surface area contributed by atoms with Gasteiger partial charge in [-0.15, -0.1) is 0 Å². The van der Waals surface area contributed by atoms with Crippen LogP contribution in [-0.2, 0) is 0 Å². The number of benzene rings is 2. The molecule has 0 aliphatic heterocycles. The molecule has 0 atom stereocenters. The number of rotatable bonds is 6. The van der Waals surface area contributed by atoms with Crippen molar-refractivity contribution in [2.24, 2.45) is 0 Å². The lowest BCUT2D eigenvalue weighted by Gasteiger charge is -2.11. The molecular weight excluding hydrogens is 453 g/mol. The highest BCUT2D eigenvalue weighted by molar-refractivity contribution is 6.04. The Labute approximate surface area is 199 Å². The van der Waals surface area contributed by atoms with Crippen molar-refractivity contribution in [2.75, 3.05) is 19.5 Å². The molecule has 0 aliphatic rings. The summed E-state index contributed by atoms with van der Waals surface area (Å²) in [6.07, 6.45) is 2.99. The second-order valence-corrected chi connectivity index (χ2v) is 7.57. The first kappa shape index (κ1) is 22.0. The van der Waals surface area contributed by atoms with Gasteiger partial charge in [-0.2, -0.15) is 14.9 Å². The number of hydrogen-bond acceptors (Lipinski definition) is 7. The van der Waals surface area contributed by atoms with Crippen LogP contribution >= 0.6 is 0 Å². The molecule has 10 nitrogen and oxygen atoms in total. The van der Waals surface area contributed by atoms with Crippen LogP contribution in [0.15, 0.2) is 61.1 Å². The van der Waals surface area contributed by atoms with Crippen molar-refractivity contribution >= 4 is 22.8 Å². The molecule has 3 heterocycles. The van der Waals surface area contributed by atoms with Gasteiger partial charge in [-0.05, 0) is 49.4 Å². The Morgan fingerprint density at radius 3 is 2.49 bits per heavy atom. The molecule has 0 bridgehead atoms. The third-order valence-corrected chi connectivity index (χ3v) is 5.34. The van der Waals surface area contributed by atoms with E-state index in [0.29, 0.717) is 51.1 Å². The van der Waals surface area contributed by atoms with Gasteiger partial charge in [-0.3, -0.25) is 4.79 Å². The van der Waals surface area contributed by atoms with Gasteiger partial charge in [-0.1, -0.05) is 0 Å². The first-order valence-corrected chi connectivity index (χ1v) is 10.5. The van der Waals surface area contributed by atoms with Gasteiger partial charge in [0.25, 0.3) is 5.91 Å². The zero-order chi connectivity index (χ0) is 24.5. The van der Waals surface area contributed by atoms with E-state index in [-0.39, 0.29) is 11.7 Å². The number of halogens is 1. The van der Waals surface area contributed by atoms with Gasteiger partial charge >= 0.3 is 0 Å². The van der Waals surface area contributed by atoms with Crippen LogP contribution in [0.25, 0.3) is 22.5 Å². The number of methoxy groups -OCH3 is 2. The molecule has 5 aromatic rings. The molecule has 0 unspecified atom stereocenters. The maximum atomic E-state index is 13.4. The molecule has 5 rings (SSSR count). The van der Waals surface area contributed by atoms with E-state index in [4.69, 9.17) is 9.47 Å². The van der Waals surface area contributed by atoms with Gasteiger partial charge < -0.3 is 14.8 Å². The number of aryl methyl sites for hydroxylation is 1. The zero-order valence-electron chi connectivity index (χ0n) is 19.1. The summed E-state index contributed by atoms with van der Waals surface area (Å²) >= 11 is 0. The normalized spacial score (nSPS) is 11.0. The fourth-order valence-electron chi connectivity index (χ4n) is 3.69. The van der Waals surface area contributed by atoms with Gasteiger partial charge in [0.15, 0.2) is 23.0 Å². The molecule has 0 radical (unpaired) electrons. The molecule has 0 saturated heterocycles. The first-order valence-electron chi connectivity index (χ1n) is 10.5. The van der Waals surface area contributed by atoms with Crippen LogP contribution in [0.5, 0.6) is 11.5 Å². The Morgan fingerprint density at radius 1 is 0.971 bits per heavy atom. The number of nitrogens with one attached hydrogen (secondary N) is 1. The maximum Gasteiger partial charge on any atom is 0.256 e. The summed E-state index contributed by atoms with van der Waals surface area (Å²) in [6.45, 7) is 1.81. The van der Waals surface area contributed by atoms with Crippen LogP contribution in [0.3, 0.4) is 0 Å². The van der Waals surface area contributed by atoms with E-state index in [0.717, 1.165) is 0 Å². The van der Waals surface area contributed by atoms with Crippen molar-refractivity contribution < 1.29 is 18.7 Å². The predicted molar refractivity (Wildman–Crippen MR) is 126 cm³/mol. The highest BCUT2D eigenvalue weighted by Gasteiger charge is 2.19. The van der Waals surface area contributed by atoms with Crippen molar-refractivity contribution in [3.05, 3.63) is 78.1 Å². The molecule has 0 spiro atoms. The van der Waals surface area contributed by atoms with E-state index < -0.39 is 0 Å². The lowest BCUT2D eigenvalue weighted by Crippen LogP contribution is -2.16. The smallest absolute Gasteiger partial charge is 0.256 e. The lowest BCUT2D eigenvalue weighted by molar-refractivity contribution is 0.102. The van der Waals surface area contributed by atoms with E-state index in [1.165, 1.54) is 37.4 Å². The molecule has 176 valence electrons. The second-order valence-electron chi connectivity index (χ2n) is 7.57. The monoisotopic (exact) mass is 473 g/mol. The summed E-state index contributed by atoms with van der Waals surface area (Å²) in [5.41, 5.74) is 2.20. The first-order chi connectivity index (χ1) is 17.0. The van der Waals surface area contributed by atoms with Gasteiger partial charge in [-0.25, -0.2) is 19.0 Å². The number of carbonyl (C=O) groups excluding carboxylic acids is 1. The number of anilines is 1. The van der Waals surface area contributed by atoms with Crippen molar-refractivity contribution in [1.29, 1.82) is 0 Å². The van der Waals surface area contributed by atoms with Crippen LogP contribution in [0.2, 0.25) is 0 Å². The zero-order valence-corrected chi connectivity index (χ0v) is 19.1. The van der Waals surface area contributed by atoms with Crippen molar-refractivity contribution in [1.82, 2.24) is 29.5 Å². The number of hydrogen-bond donors (Lipinski definition) is 1. The number of amides is 1. The number of nitrogens with zero attached hydrogens (tertiary/aromatic N) is 6. The van der Waals surface area contributed by atoms with Crippen LogP contribution in [0.1, 0.15) is 16.1 Å². The maximum absolute atomic E-state index is 13.4. The van der Waals surface area contributed by atoms with E-state index in [1.54, 1.807) is 47.3 Å². The molecule has 0 saturated carbocycles. The highest BCUT2D eigenvalue weighted by Crippen LogP contribution is 2.29. The summed E-state index contributed by atoms with van der Waals surface area (Å²) in [5.74, 6) is 1.10. The lowest BCUT2D eigenvalue weighted by atomic mass is 10.2. The Balaban J connectivity index is 1.52. The molecule has 0 fully saturated rings. The van der Waals surface area contributed by atoms with Crippen LogP contribution < -0.4 is 14.8 Å². The van der Waals surface area contributed by atoms with Crippen LogP contribution in [-0.4, -0.2) is 49.7 Å². The molecule has 3 aromatic heterocycles. The van der Waals surface area contributed by atoms with Crippen LogP contribution in [0, 0.1) is 12.7 Å². The standard InChI is InChI=1S/C24H20FN7O3/c1-14-10-21(29-24(33)15-4-9-19(34-2)20(11-15)35-3)32(30-14)23-18-12-28-31(22(18)26-13-27-23)17-7-5-16(25)6-8-17/h4-13H,1-3H3,(H,29,33). The fourth-order valence-corrected chi connectivity index (χ4v) is 3.69. The Bertz CT molecular complexity index is 1540. The number of ether oxygens (including phenoxy) is 2. The number of carbonyl (C=O) groups is 1. The highest BCUT2D eigenvalue weighted by atomic mass is 19.1. The van der Waals surface area contributed by atoms with Crippen molar-refractivity contribution in [3.8, 4) is 23.0 Å². The summed E-state index contributed by atoms with van der Waals surface area (Å²) in [4.78, 5) is 21.8. The number of fused-ring (bicyclic) bond motifs is 1. The molecule has 1 amide bonds. The largest absolute Gasteiger partial charge is 0.493 e. The van der Waals surface area contributed by atoms with Gasteiger partial charge in [0.2, 0.25) is 0 Å². The SMILES string of the molecule is COc1ccc(C(=O)Nc2cc(C)nn2-c2ncnc3c2cnn3-c2ccc(F)cc2)cc1OC. The van der Waals surface area contributed by atoms with E-state index in [9.17, 15) is 9.18 Å². The molecule has 2 aromatic carbocycles. The fraction of sp³-hybridized carbons (Fsp3) is 0.125. The topological polar surface area (TPSA) is 109 Å². The minimum Gasteiger partial charge on any atom is -0.493 e. The van der Waals surface area contributed by atoms with Crippen molar-refractivity contribution in [2.45, 2.75) is 6.92 Å². The third kappa shape index (κ3) is 4.03. The van der Waals surface area contributed by atoms with Gasteiger partial charge in [0, 0.05) is 11.6 Å². The molecule has 35 heavy (non-hydrogen) atoms. The average molecular weight is 473 g/mol. The van der Waals surface area contributed by atoms with E-state index in [2.05, 4.69) is 25.5 Å². The third-order valence-electron chi connectivity index (χ3n) is 5.34. The van der Waals surface area contributed by atoms with Gasteiger partial charge in [0.05, 0.1) is 37.2 Å². The summed E-state index contributed by atoms with van der Waals surface area (Å²) in [5, 5.41) is 12.4.